The third-order valence-corrected chi connectivity index (χ3v) is 5.61. The molecule has 0 aliphatic carbocycles. The van der Waals surface area contributed by atoms with Gasteiger partial charge in [-0.25, -0.2) is 4.98 Å². The molecule has 0 radical (unpaired) electrons. The second-order valence-corrected chi connectivity index (χ2v) is 8.21. The zero-order valence-corrected chi connectivity index (χ0v) is 19.8. The molecule has 1 aromatic heterocycles. The minimum absolute atomic E-state index is 0.112. The first-order valence-corrected chi connectivity index (χ1v) is 11.4. The molecule has 35 heavy (non-hydrogen) atoms. The number of fused-ring (bicyclic) bond motifs is 1. The van der Waals surface area contributed by atoms with Crippen molar-refractivity contribution in [1.29, 1.82) is 0 Å². The maximum absolute atomic E-state index is 11.7. The number of nitrogens with one attached hydrogen (secondary N) is 1. The van der Waals surface area contributed by atoms with Crippen LogP contribution in [0.2, 0.25) is 0 Å². The van der Waals surface area contributed by atoms with Crippen molar-refractivity contribution in [2.24, 2.45) is 0 Å². The van der Waals surface area contributed by atoms with Crippen LogP contribution in [0, 0.1) is 10.1 Å². The largest absolute Gasteiger partial charge is 0.493 e. The van der Waals surface area contributed by atoms with Gasteiger partial charge in [-0.05, 0) is 37.2 Å². The van der Waals surface area contributed by atoms with Gasteiger partial charge in [0, 0.05) is 30.2 Å². The number of aromatic nitrogens is 1. The van der Waals surface area contributed by atoms with E-state index in [1.165, 1.54) is 11.8 Å². The number of nitro groups is 1. The molecule has 0 amide bonds. The van der Waals surface area contributed by atoms with E-state index in [-0.39, 0.29) is 5.69 Å². The van der Waals surface area contributed by atoms with Crippen LogP contribution in [-0.2, 0) is 6.54 Å². The van der Waals surface area contributed by atoms with Crippen LogP contribution in [0.15, 0.2) is 79.0 Å². The van der Waals surface area contributed by atoms with Crippen molar-refractivity contribution < 1.29 is 14.4 Å². The van der Waals surface area contributed by atoms with Gasteiger partial charge in [0.1, 0.15) is 11.9 Å². The Kier molecular flexibility index (Phi) is 7.74. The number of pyridine rings is 1. The first-order chi connectivity index (χ1) is 17.0. The molecule has 0 unspecified atom stereocenters. The Bertz CT molecular complexity index is 1280. The van der Waals surface area contributed by atoms with Crippen molar-refractivity contribution in [1.82, 2.24) is 9.88 Å². The Morgan fingerprint density at radius 2 is 1.74 bits per heavy atom. The standard InChI is InChI=1S/C27H28N4O4/c1-30(19-20-10-5-3-6-11-20)14-9-15-35-26-17-23-22(16-25(26)34-2)27(24(18-28-23)31(32)33)29-21-12-7-4-8-13-21/h3-8,10-13,16-18H,9,14-15,19H2,1-2H3,(H,28,29). The average molecular weight is 473 g/mol. The fraction of sp³-hybridized carbons (Fsp3) is 0.222. The van der Waals surface area contributed by atoms with E-state index in [1.807, 2.05) is 48.5 Å². The van der Waals surface area contributed by atoms with E-state index in [0.717, 1.165) is 25.2 Å². The number of rotatable bonds is 11. The molecule has 0 saturated carbocycles. The third kappa shape index (κ3) is 6.04. The van der Waals surface area contributed by atoms with Crippen molar-refractivity contribution in [3.05, 3.63) is 94.7 Å². The van der Waals surface area contributed by atoms with E-state index < -0.39 is 4.92 Å². The van der Waals surface area contributed by atoms with E-state index in [2.05, 4.69) is 34.4 Å². The molecule has 0 spiro atoms. The number of benzene rings is 3. The first-order valence-electron chi connectivity index (χ1n) is 11.4. The molecule has 4 aromatic rings. The predicted molar refractivity (Wildman–Crippen MR) is 138 cm³/mol. The number of nitrogens with zero attached hydrogens (tertiary/aromatic N) is 3. The van der Waals surface area contributed by atoms with Crippen LogP contribution in [0.5, 0.6) is 11.5 Å². The smallest absolute Gasteiger partial charge is 0.311 e. The van der Waals surface area contributed by atoms with Crippen molar-refractivity contribution >= 4 is 28.0 Å². The minimum Gasteiger partial charge on any atom is -0.493 e. The van der Waals surface area contributed by atoms with Crippen molar-refractivity contribution in [2.45, 2.75) is 13.0 Å². The summed E-state index contributed by atoms with van der Waals surface area (Å²) in [5.74, 6) is 1.05. The Hall–Kier alpha value is -4.17. The van der Waals surface area contributed by atoms with Crippen molar-refractivity contribution in [3.63, 3.8) is 0 Å². The summed E-state index contributed by atoms with van der Waals surface area (Å²) in [7, 11) is 3.64. The average Bonchev–Trinajstić information content (AvgIpc) is 2.87. The zero-order valence-electron chi connectivity index (χ0n) is 19.8. The van der Waals surface area contributed by atoms with E-state index in [4.69, 9.17) is 9.47 Å². The summed E-state index contributed by atoms with van der Waals surface area (Å²) in [6, 6.07) is 23.1. The summed E-state index contributed by atoms with van der Waals surface area (Å²) in [5.41, 5.74) is 2.83. The molecular weight excluding hydrogens is 444 g/mol. The highest BCUT2D eigenvalue weighted by atomic mass is 16.6. The van der Waals surface area contributed by atoms with E-state index in [9.17, 15) is 10.1 Å². The SMILES string of the molecule is COc1cc2c(Nc3ccccc3)c([N+](=O)[O-])cnc2cc1OCCCN(C)Cc1ccccc1. The summed E-state index contributed by atoms with van der Waals surface area (Å²) in [6.07, 6.45) is 2.10. The van der Waals surface area contributed by atoms with Crippen LogP contribution in [0.25, 0.3) is 10.9 Å². The summed E-state index contributed by atoms with van der Waals surface area (Å²) >= 11 is 0. The molecule has 0 bridgehead atoms. The molecule has 1 heterocycles. The maximum Gasteiger partial charge on any atom is 0.311 e. The van der Waals surface area contributed by atoms with Gasteiger partial charge in [0.2, 0.25) is 0 Å². The summed E-state index contributed by atoms with van der Waals surface area (Å²) in [4.78, 5) is 17.8. The van der Waals surface area contributed by atoms with Crippen LogP contribution in [0.3, 0.4) is 0 Å². The van der Waals surface area contributed by atoms with Crippen LogP contribution >= 0.6 is 0 Å². The zero-order chi connectivity index (χ0) is 24.6. The molecular formula is C27H28N4O4. The Balaban J connectivity index is 1.50. The minimum atomic E-state index is -0.444. The Morgan fingerprint density at radius 1 is 1.03 bits per heavy atom. The summed E-state index contributed by atoms with van der Waals surface area (Å²) < 4.78 is 11.6. The topological polar surface area (TPSA) is 89.8 Å². The number of hydrogen-bond donors (Lipinski definition) is 1. The highest BCUT2D eigenvalue weighted by Gasteiger charge is 2.21. The predicted octanol–water partition coefficient (Wildman–Crippen LogP) is 5.80. The van der Waals surface area contributed by atoms with Crippen molar-refractivity contribution in [2.75, 3.05) is 32.6 Å². The lowest BCUT2D eigenvalue weighted by atomic mass is 10.1. The van der Waals surface area contributed by atoms with Gasteiger partial charge in [-0.15, -0.1) is 0 Å². The molecule has 180 valence electrons. The lowest BCUT2D eigenvalue weighted by molar-refractivity contribution is -0.384. The molecule has 1 N–H and O–H groups in total. The number of methoxy groups -OCH3 is 1. The molecule has 3 aromatic carbocycles. The quantitative estimate of drug-likeness (QED) is 0.168. The monoisotopic (exact) mass is 472 g/mol. The van der Waals surface area contributed by atoms with Gasteiger partial charge in [0.25, 0.3) is 0 Å². The molecule has 8 heteroatoms. The number of ether oxygens (including phenoxy) is 2. The van der Waals surface area contributed by atoms with E-state index >= 15 is 0 Å². The number of hydrogen-bond acceptors (Lipinski definition) is 7. The molecule has 0 atom stereocenters. The summed E-state index contributed by atoms with van der Waals surface area (Å²) in [6.45, 7) is 2.25. The van der Waals surface area contributed by atoms with Gasteiger partial charge < -0.3 is 19.7 Å². The maximum atomic E-state index is 11.7. The number of anilines is 2. The fourth-order valence-corrected chi connectivity index (χ4v) is 3.89. The Morgan fingerprint density at radius 3 is 2.43 bits per heavy atom. The highest BCUT2D eigenvalue weighted by molar-refractivity contribution is 5.99. The molecule has 4 rings (SSSR count). The number of para-hydroxylation sites is 1. The van der Waals surface area contributed by atoms with Crippen molar-refractivity contribution in [3.8, 4) is 11.5 Å². The van der Waals surface area contributed by atoms with Gasteiger partial charge >= 0.3 is 5.69 Å². The molecule has 0 saturated heterocycles. The van der Waals surface area contributed by atoms with Gasteiger partial charge in [0.05, 0.1) is 24.2 Å². The fourth-order valence-electron chi connectivity index (χ4n) is 3.89. The highest BCUT2D eigenvalue weighted by Crippen LogP contribution is 2.39. The second kappa shape index (κ2) is 11.3. The van der Waals surface area contributed by atoms with Gasteiger partial charge in [-0.1, -0.05) is 48.5 Å². The third-order valence-electron chi connectivity index (χ3n) is 5.61. The van der Waals surface area contributed by atoms with Gasteiger partial charge in [-0.2, -0.15) is 0 Å². The lowest BCUT2D eigenvalue weighted by Crippen LogP contribution is -2.20. The van der Waals surface area contributed by atoms with Crippen LogP contribution in [-0.4, -0.2) is 42.1 Å². The van der Waals surface area contributed by atoms with Crippen LogP contribution in [0.4, 0.5) is 17.1 Å². The van der Waals surface area contributed by atoms with Crippen LogP contribution in [0.1, 0.15) is 12.0 Å². The Labute approximate surface area is 204 Å². The molecule has 0 fully saturated rings. The second-order valence-electron chi connectivity index (χ2n) is 8.21. The van der Waals surface area contributed by atoms with E-state index in [1.54, 1.807) is 19.2 Å². The lowest BCUT2D eigenvalue weighted by Gasteiger charge is -2.18. The summed E-state index contributed by atoms with van der Waals surface area (Å²) in [5, 5.41) is 15.4. The van der Waals surface area contributed by atoms with Gasteiger partial charge in [0.15, 0.2) is 11.5 Å². The first kappa shape index (κ1) is 24.0. The van der Waals surface area contributed by atoms with Gasteiger partial charge in [-0.3, -0.25) is 10.1 Å². The molecule has 0 aliphatic heterocycles. The molecule has 8 nitrogen and oxygen atoms in total. The van der Waals surface area contributed by atoms with Crippen LogP contribution < -0.4 is 14.8 Å². The molecule has 0 aliphatic rings. The van der Waals surface area contributed by atoms with E-state index in [0.29, 0.717) is 34.7 Å². The normalized spacial score (nSPS) is 10.9.